The van der Waals surface area contributed by atoms with Gasteiger partial charge in [-0.15, -0.1) is 0 Å². The van der Waals surface area contributed by atoms with Crippen LogP contribution in [0.5, 0.6) is 0 Å². The van der Waals surface area contributed by atoms with Crippen molar-refractivity contribution < 1.29 is 27.9 Å². The van der Waals surface area contributed by atoms with E-state index in [-0.39, 0.29) is 17.9 Å². The Balaban J connectivity index is 1.62. The normalized spacial score (nSPS) is 13.4. The summed E-state index contributed by atoms with van der Waals surface area (Å²) in [6.45, 7) is -0.590. The zero-order valence-corrected chi connectivity index (χ0v) is 15.0. The molecule has 0 aliphatic carbocycles. The molecule has 1 aromatic heterocycles. The first kappa shape index (κ1) is 18.1. The molecule has 1 aliphatic rings. The Morgan fingerprint density at radius 1 is 1.31 bits per heavy atom. The molecule has 1 aromatic carbocycles. The van der Waals surface area contributed by atoms with Crippen molar-refractivity contribution in [3.05, 3.63) is 57.7 Å². The SMILES string of the molecule is O=C1CCc2cc(C(=O)COC(=O)/C=C/c3ccc(Br)o3)c(F)cc2N1. The van der Waals surface area contributed by atoms with Crippen molar-refractivity contribution in [1.29, 1.82) is 0 Å². The van der Waals surface area contributed by atoms with Gasteiger partial charge in [-0.1, -0.05) is 0 Å². The van der Waals surface area contributed by atoms with E-state index in [2.05, 4.69) is 21.2 Å². The van der Waals surface area contributed by atoms with Crippen molar-refractivity contribution in [2.24, 2.45) is 0 Å². The molecule has 0 saturated heterocycles. The molecule has 26 heavy (non-hydrogen) atoms. The number of halogens is 2. The Bertz CT molecular complexity index is 918. The third kappa shape index (κ3) is 4.26. The fourth-order valence-corrected chi connectivity index (χ4v) is 2.77. The molecule has 0 atom stereocenters. The van der Waals surface area contributed by atoms with Gasteiger partial charge in [-0.2, -0.15) is 0 Å². The summed E-state index contributed by atoms with van der Waals surface area (Å²) in [6.07, 6.45) is 3.19. The van der Waals surface area contributed by atoms with Gasteiger partial charge >= 0.3 is 5.97 Å². The van der Waals surface area contributed by atoms with Crippen LogP contribution in [0.25, 0.3) is 6.08 Å². The summed E-state index contributed by atoms with van der Waals surface area (Å²) in [5.74, 6) is -1.95. The lowest BCUT2D eigenvalue weighted by Crippen LogP contribution is -2.21. The number of hydrogen-bond acceptors (Lipinski definition) is 5. The van der Waals surface area contributed by atoms with E-state index in [4.69, 9.17) is 9.15 Å². The Morgan fingerprint density at radius 2 is 2.12 bits per heavy atom. The van der Waals surface area contributed by atoms with Crippen molar-refractivity contribution in [3.8, 4) is 0 Å². The molecule has 0 radical (unpaired) electrons. The van der Waals surface area contributed by atoms with Gasteiger partial charge in [0.2, 0.25) is 11.7 Å². The fraction of sp³-hybridized carbons (Fsp3) is 0.167. The first-order chi connectivity index (χ1) is 12.4. The lowest BCUT2D eigenvalue weighted by molar-refractivity contribution is -0.136. The van der Waals surface area contributed by atoms with E-state index in [0.717, 1.165) is 12.1 Å². The molecule has 1 amide bonds. The molecule has 1 N–H and O–H groups in total. The van der Waals surface area contributed by atoms with Crippen LogP contribution in [0, 0.1) is 5.82 Å². The highest BCUT2D eigenvalue weighted by Crippen LogP contribution is 2.26. The minimum atomic E-state index is -0.775. The first-order valence-corrected chi connectivity index (χ1v) is 8.47. The number of anilines is 1. The van der Waals surface area contributed by atoms with Crippen LogP contribution in [0.15, 0.2) is 39.4 Å². The number of aryl methyl sites for hydroxylation is 1. The predicted molar refractivity (Wildman–Crippen MR) is 94.1 cm³/mol. The van der Waals surface area contributed by atoms with E-state index in [1.807, 2.05) is 0 Å². The van der Waals surface area contributed by atoms with Gasteiger partial charge in [0, 0.05) is 18.2 Å². The minimum absolute atomic E-state index is 0.174. The second kappa shape index (κ2) is 7.65. The van der Waals surface area contributed by atoms with Crippen LogP contribution in [0.3, 0.4) is 0 Å². The molecule has 0 fully saturated rings. The number of fused-ring (bicyclic) bond motifs is 1. The second-order valence-electron chi connectivity index (χ2n) is 5.54. The van der Waals surface area contributed by atoms with E-state index in [1.165, 1.54) is 12.1 Å². The molecule has 0 spiro atoms. The van der Waals surface area contributed by atoms with Gasteiger partial charge in [0.05, 0.1) is 5.56 Å². The minimum Gasteiger partial charge on any atom is -0.454 e. The topological polar surface area (TPSA) is 85.6 Å². The number of ketones is 1. The maximum absolute atomic E-state index is 14.1. The summed E-state index contributed by atoms with van der Waals surface area (Å²) >= 11 is 3.13. The number of carbonyl (C=O) groups is 3. The number of amides is 1. The third-order valence-electron chi connectivity index (χ3n) is 3.71. The number of hydrogen-bond donors (Lipinski definition) is 1. The number of benzene rings is 1. The van der Waals surface area contributed by atoms with Gasteiger partial charge in [0.15, 0.2) is 11.3 Å². The average Bonchev–Trinajstić information content (AvgIpc) is 3.02. The second-order valence-corrected chi connectivity index (χ2v) is 6.33. The van der Waals surface area contributed by atoms with E-state index in [0.29, 0.717) is 28.1 Å². The zero-order chi connectivity index (χ0) is 18.7. The van der Waals surface area contributed by atoms with Crippen molar-refractivity contribution in [1.82, 2.24) is 0 Å². The Morgan fingerprint density at radius 3 is 2.85 bits per heavy atom. The van der Waals surface area contributed by atoms with Crippen molar-refractivity contribution in [2.45, 2.75) is 12.8 Å². The summed E-state index contributed by atoms with van der Waals surface area (Å²) < 4.78 is 24.6. The largest absolute Gasteiger partial charge is 0.454 e. The Hall–Kier alpha value is -2.74. The van der Waals surface area contributed by atoms with Gasteiger partial charge in [-0.05, 0) is 58.3 Å². The Kier molecular flexibility index (Phi) is 5.32. The highest BCUT2D eigenvalue weighted by molar-refractivity contribution is 9.10. The van der Waals surface area contributed by atoms with Crippen LogP contribution in [-0.4, -0.2) is 24.3 Å². The molecular formula is C18H13BrFNO5. The predicted octanol–water partition coefficient (Wildman–Crippen LogP) is 3.51. The van der Waals surface area contributed by atoms with Crippen LogP contribution in [0.4, 0.5) is 10.1 Å². The van der Waals surface area contributed by atoms with E-state index in [1.54, 1.807) is 12.1 Å². The standard InChI is InChI=1S/C18H13BrFNO5/c19-16-4-2-11(26-16)3-6-18(24)25-9-15(22)12-7-10-1-5-17(23)21-14(10)8-13(12)20/h2-4,6-8H,1,5,9H2,(H,21,23)/b6-3+. The van der Waals surface area contributed by atoms with Crippen molar-refractivity contribution >= 4 is 45.4 Å². The maximum atomic E-state index is 14.1. The molecule has 0 bridgehead atoms. The third-order valence-corrected chi connectivity index (χ3v) is 4.14. The number of rotatable bonds is 5. The zero-order valence-electron chi connectivity index (χ0n) is 13.4. The molecule has 2 heterocycles. The number of furan rings is 1. The van der Waals surface area contributed by atoms with Gasteiger partial charge < -0.3 is 14.5 Å². The van der Waals surface area contributed by atoms with E-state index in [9.17, 15) is 18.8 Å². The number of nitrogens with one attached hydrogen (secondary N) is 1. The maximum Gasteiger partial charge on any atom is 0.331 e. The number of ether oxygens (including phenoxy) is 1. The van der Waals surface area contributed by atoms with Gasteiger partial charge in [0.25, 0.3) is 0 Å². The smallest absolute Gasteiger partial charge is 0.331 e. The van der Waals surface area contributed by atoms with Crippen LogP contribution in [0.1, 0.15) is 28.1 Å². The van der Waals surface area contributed by atoms with Crippen LogP contribution < -0.4 is 5.32 Å². The van der Waals surface area contributed by atoms with Crippen LogP contribution >= 0.6 is 15.9 Å². The van der Waals surface area contributed by atoms with Crippen molar-refractivity contribution in [3.63, 3.8) is 0 Å². The lowest BCUT2D eigenvalue weighted by atomic mass is 9.98. The van der Waals surface area contributed by atoms with Crippen molar-refractivity contribution in [2.75, 3.05) is 11.9 Å². The molecule has 3 rings (SSSR count). The van der Waals surface area contributed by atoms with E-state index < -0.39 is 24.2 Å². The Labute approximate surface area is 156 Å². The number of esters is 1. The molecular weight excluding hydrogens is 409 g/mol. The molecule has 134 valence electrons. The monoisotopic (exact) mass is 421 g/mol. The van der Waals surface area contributed by atoms with Crippen LogP contribution in [-0.2, 0) is 20.7 Å². The van der Waals surface area contributed by atoms with E-state index >= 15 is 0 Å². The molecule has 1 aliphatic heterocycles. The number of Topliss-reactive ketones (excluding diaryl/α,β-unsaturated/α-hetero) is 1. The van der Waals surface area contributed by atoms with Gasteiger partial charge in [0.1, 0.15) is 11.6 Å². The summed E-state index contributed by atoms with van der Waals surface area (Å²) in [6, 6.07) is 5.79. The van der Waals surface area contributed by atoms with Crippen LogP contribution in [0.2, 0.25) is 0 Å². The summed E-state index contributed by atoms with van der Waals surface area (Å²) in [7, 11) is 0. The summed E-state index contributed by atoms with van der Waals surface area (Å²) in [5.41, 5.74) is 0.857. The fourth-order valence-electron chi connectivity index (χ4n) is 2.45. The first-order valence-electron chi connectivity index (χ1n) is 7.68. The molecule has 8 heteroatoms. The highest BCUT2D eigenvalue weighted by Gasteiger charge is 2.21. The highest BCUT2D eigenvalue weighted by atomic mass is 79.9. The molecule has 2 aromatic rings. The molecule has 0 saturated carbocycles. The summed E-state index contributed by atoms with van der Waals surface area (Å²) in [4.78, 5) is 35.1. The molecule has 0 unspecified atom stereocenters. The average molecular weight is 422 g/mol. The summed E-state index contributed by atoms with van der Waals surface area (Å²) in [5, 5.41) is 2.55. The van der Waals surface area contributed by atoms with Gasteiger partial charge in [-0.25, -0.2) is 9.18 Å². The lowest BCUT2D eigenvalue weighted by Gasteiger charge is -2.17. The van der Waals surface area contributed by atoms with Gasteiger partial charge in [-0.3, -0.25) is 9.59 Å². The quantitative estimate of drug-likeness (QED) is 0.453. The number of carbonyl (C=O) groups excluding carboxylic acids is 3. The molecule has 6 nitrogen and oxygen atoms in total.